The lowest BCUT2D eigenvalue weighted by atomic mass is 9.65. The lowest BCUT2D eigenvalue weighted by molar-refractivity contribution is -0.128. The van der Waals surface area contributed by atoms with Crippen molar-refractivity contribution in [1.82, 2.24) is 9.80 Å². The summed E-state index contributed by atoms with van der Waals surface area (Å²) in [6.07, 6.45) is -0.652. The fourth-order valence-corrected chi connectivity index (χ4v) is 4.24. The minimum Gasteiger partial charge on any atom is -0.465 e. The average Bonchev–Trinajstić information content (AvgIpc) is 2.55. The van der Waals surface area contributed by atoms with Crippen LogP contribution in [0.3, 0.4) is 0 Å². The molecule has 3 unspecified atom stereocenters. The molecule has 1 aliphatic heterocycles. The molecule has 1 aromatic rings. The molecule has 0 spiro atoms. The van der Waals surface area contributed by atoms with E-state index in [1.165, 1.54) is 4.90 Å². The second kappa shape index (κ2) is 7.26. The first kappa shape index (κ1) is 20.2. The predicted octanol–water partition coefficient (Wildman–Crippen LogP) is 2.72. The van der Waals surface area contributed by atoms with Crippen LogP contribution in [-0.2, 0) is 5.60 Å². The minimum atomic E-state index is -1.19. The quantitative estimate of drug-likeness (QED) is 0.866. The van der Waals surface area contributed by atoms with E-state index in [-0.39, 0.29) is 23.9 Å². The average molecular weight is 359 g/mol. The molecule has 1 aliphatic rings. The molecular formula is C20H29N3O3. The molecule has 142 valence electrons. The highest BCUT2D eigenvalue weighted by molar-refractivity contribution is 5.66. The van der Waals surface area contributed by atoms with Crippen molar-refractivity contribution in [3.8, 4) is 6.07 Å². The third-order valence-electron chi connectivity index (χ3n) is 5.25. The van der Waals surface area contributed by atoms with Gasteiger partial charge in [0.2, 0.25) is 0 Å². The summed E-state index contributed by atoms with van der Waals surface area (Å²) in [5, 5.41) is 30.7. The highest BCUT2D eigenvalue weighted by Crippen LogP contribution is 2.46. The normalized spacial score (nSPS) is 26.6. The van der Waals surface area contributed by atoms with E-state index in [0.29, 0.717) is 24.1 Å². The molecule has 1 saturated heterocycles. The van der Waals surface area contributed by atoms with Crippen molar-refractivity contribution in [1.29, 1.82) is 5.26 Å². The molecule has 1 aromatic carbocycles. The Hall–Kier alpha value is -2.10. The largest absolute Gasteiger partial charge is 0.465 e. The number of hydrogen-bond donors (Lipinski definition) is 2. The van der Waals surface area contributed by atoms with Crippen LogP contribution in [0, 0.1) is 22.7 Å². The molecule has 2 rings (SSSR count). The van der Waals surface area contributed by atoms with Gasteiger partial charge >= 0.3 is 6.09 Å². The van der Waals surface area contributed by atoms with Gasteiger partial charge in [-0.3, -0.25) is 0 Å². The molecule has 26 heavy (non-hydrogen) atoms. The molecule has 0 aliphatic carbocycles. The molecule has 1 amide bonds. The highest BCUT2D eigenvalue weighted by atomic mass is 16.4. The van der Waals surface area contributed by atoms with Gasteiger partial charge < -0.3 is 20.0 Å². The molecule has 6 nitrogen and oxygen atoms in total. The third kappa shape index (κ3) is 3.84. The second-order valence-electron chi connectivity index (χ2n) is 8.52. The Bertz CT molecular complexity index is 705. The zero-order chi connectivity index (χ0) is 19.7. The summed E-state index contributed by atoms with van der Waals surface area (Å²) in [6.45, 7) is 6.82. The van der Waals surface area contributed by atoms with Crippen LogP contribution in [0.1, 0.15) is 38.3 Å². The predicted molar refractivity (Wildman–Crippen MR) is 99.7 cm³/mol. The molecule has 6 heteroatoms. The van der Waals surface area contributed by atoms with Crippen molar-refractivity contribution in [3.63, 3.8) is 0 Å². The summed E-state index contributed by atoms with van der Waals surface area (Å²) in [4.78, 5) is 15.3. The lowest BCUT2D eigenvalue weighted by Gasteiger charge is -2.54. The maximum absolute atomic E-state index is 11.9. The van der Waals surface area contributed by atoms with E-state index >= 15 is 0 Å². The minimum absolute atomic E-state index is 0.258. The topological polar surface area (TPSA) is 87.8 Å². The fraction of sp³-hybridized carbons (Fsp3) is 0.600. The van der Waals surface area contributed by atoms with Gasteiger partial charge in [0.25, 0.3) is 0 Å². The Morgan fingerprint density at radius 3 is 2.58 bits per heavy atom. The van der Waals surface area contributed by atoms with Crippen LogP contribution in [0.2, 0.25) is 0 Å². The van der Waals surface area contributed by atoms with Crippen molar-refractivity contribution < 1.29 is 15.0 Å². The molecule has 1 fully saturated rings. The number of nitriles is 1. The van der Waals surface area contributed by atoms with Crippen LogP contribution in [0.4, 0.5) is 4.79 Å². The Morgan fingerprint density at radius 1 is 1.42 bits per heavy atom. The summed E-state index contributed by atoms with van der Waals surface area (Å²) in [7, 11) is 3.84. The number of hydrogen-bond acceptors (Lipinski definition) is 4. The van der Waals surface area contributed by atoms with Crippen LogP contribution in [0.15, 0.2) is 24.3 Å². The van der Waals surface area contributed by atoms with E-state index in [9.17, 15) is 20.3 Å². The van der Waals surface area contributed by atoms with Gasteiger partial charge in [-0.15, -0.1) is 0 Å². The first-order valence-electron chi connectivity index (χ1n) is 8.88. The molecule has 0 aromatic heterocycles. The van der Waals surface area contributed by atoms with Crippen LogP contribution in [-0.4, -0.2) is 59.3 Å². The zero-order valence-corrected chi connectivity index (χ0v) is 16.2. The van der Waals surface area contributed by atoms with Gasteiger partial charge in [0.05, 0.1) is 17.2 Å². The second-order valence-corrected chi connectivity index (χ2v) is 8.52. The van der Waals surface area contributed by atoms with Crippen LogP contribution in [0.5, 0.6) is 0 Å². The summed E-state index contributed by atoms with van der Waals surface area (Å²) in [5.74, 6) is -0.323. The van der Waals surface area contributed by atoms with E-state index < -0.39 is 11.7 Å². The SMILES string of the molecule is CN(C)CC1C(C(C)(C)C)N(C(=O)O)CCC1(O)c1cccc(C#N)c1. The fourth-order valence-electron chi connectivity index (χ4n) is 4.24. The lowest BCUT2D eigenvalue weighted by Crippen LogP contribution is -2.64. The van der Waals surface area contributed by atoms with E-state index in [4.69, 9.17) is 0 Å². The van der Waals surface area contributed by atoms with Gasteiger partial charge in [0.15, 0.2) is 0 Å². The molecular weight excluding hydrogens is 330 g/mol. The summed E-state index contributed by atoms with van der Waals surface area (Å²) in [5.41, 5.74) is -0.364. The van der Waals surface area contributed by atoms with Crippen molar-refractivity contribution in [2.75, 3.05) is 27.2 Å². The molecule has 0 saturated carbocycles. The Kier molecular flexibility index (Phi) is 5.64. The van der Waals surface area contributed by atoms with Crippen molar-refractivity contribution in [2.24, 2.45) is 11.3 Å². The maximum Gasteiger partial charge on any atom is 0.407 e. The Labute approximate surface area is 155 Å². The molecule has 2 N–H and O–H groups in total. The number of amides is 1. The van der Waals surface area contributed by atoms with Crippen LogP contribution < -0.4 is 0 Å². The van der Waals surface area contributed by atoms with Gasteiger partial charge in [-0.05, 0) is 43.6 Å². The number of piperidine rings is 1. The number of likely N-dealkylation sites (tertiary alicyclic amines) is 1. The van der Waals surface area contributed by atoms with Crippen molar-refractivity contribution >= 4 is 6.09 Å². The number of nitrogens with zero attached hydrogens (tertiary/aromatic N) is 3. The van der Waals surface area contributed by atoms with Crippen molar-refractivity contribution in [2.45, 2.75) is 38.8 Å². The molecule has 3 atom stereocenters. The van der Waals surface area contributed by atoms with Gasteiger partial charge in [0.1, 0.15) is 0 Å². The van der Waals surface area contributed by atoms with Crippen molar-refractivity contribution in [3.05, 3.63) is 35.4 Å². The van der Waals surface area contributed by atoms with E-state index in [0.717, 1.165) is 0 Å². The van der Waals surface area contributed by atoms with Gasteiger partial charge in [-0.2, -0.15) is 5.26 Å². The molecule has 0 radical (unpaired) electrons. The number of carbonyl (C=O) groups is 1. The zero-order valence-electron chi connectivity index (χ0n) is 16.2. The standard InChI is InChI=1S/C20H29N3O3/c1-19(2,3)17-16(13-22(4)5)20(26,9-10-23(17)18(24)25)15-8-6-7-14(11-15)12-21/h6-8,11,16-17,26H,9-10,13H2,1-5H3,(H,24,25). The van der Waals surface area contributed by atoms with Gasteiger partial charge in [-0.25, -0.2) is 4.79 Å². The summed E-state index contributed by atoms with van der Waals surface area (Å²) >= 11 is 0. The molecule has 1 heterocycles. The smallest absolute Gasteiger partial charge is 0.407 e. The Balaban J connectivity index is 2.60. The highest BCUT2D eigenvalue weighted by Gasteiger charge is 2.53. The van der Waals surface area contributed by atoms with E-state index in [2.05, 4.69) is 6.07 Å². The molecule has 0 bridgehead atoms. The summed E-state index contributed by atoms with van der Waals surface area (Å²) in [6, 6.07) is 8.80. The van der Waals surface area contributed by atoms with E-state index in [1.807, 2.05) is 45.8 Å². The first-order chi connectivity index (χ1) is 12.0. The number of aliphatic hydroxyl groups is 1. The number of benzene rings is 1. The Morgan fingerprint density at radius 2 is 2.08 bits per heavy atom. The van der Waals surface area contributed by atoms with Crippen LogP contribution >= 0.6 is 0 Å². The number of rotatable bonds is 3. The maximum atomic E-state index is 11.9. The monoisotopic (exact) mass is 359 g/mol. The van der Waals surface area contributed by atoms with E-state index in [1.54, 1.807) is 18.2 Å². The third-order valence-corrected chi connectivity index (χ3v) is 5.25. The summed E-state index contributed by atoms with van der Waals surface area (Å²) < 4.78 is 0. The van der Waals surface area contributed by atoms with Gasteiger partial charge in [-0.1, -0.05) is 32.9 Å². The van der Waals surface area contributed by atoms with Gasteiger partial charge in [0, 0.05) is 25.0 Å². The number of carboxylic acid groups (broad SMARTS) is 1. The first-order valence-corrected chi connectivity index (χ1v) is 8.88. The van der Waals surface area contributed by atoms with Crippen LogP contribution in [0.25, 0.3) is 0 Å².